The molecule has 2 heterocycles. The van der Waals surface area contributed by atoms with E-state index in [1.165, 1.54) is 5.56 Å². The quantitative estimate of drug-likeness (QED) is 0.869. The summed E-state index contributed by atoms with van der Waals surface area (Å²) in [6, 6.07) is 2.46. The van der Waals surface area contributed by atoms with E-state index < -0.39 is 0 Å². The molecule has 1 unspecified atom stereocenters. The lowest BCUT2D eigenvalue weighted by Crippen LogP contribution is -2.06. The van der Waals surface area contributed by atoms with Gasteiger partial charge in [0.25, 0.3) is 0 Å². The van der Waals surface area contributed by atoms with Crippen molar-refractivity contribution in [2.45, 2.75) is 53.2 Å². The zero-order valence-corrected chi connectivity index (χ0v) is 12.2. The number of nitrogens with one attached hydrogen (secondary N) is 1. The number of rotatable bonds is 6. The van der Waals surface area contributed by atoms with Crippen LogP contribution in [0.2, 0.25) is 0 Å². The molecule has 0 aromatic carbocycles. The predicted molar refractivity (Wildman–Crippen MR) is 77.2 cm³/mol. The highest BCUT2D eigenvalue weighted by molar-refractivity contribution is 5.34. The molecule has 0 aliphatic heterocycles. The largest absolute Gasteiger partial charge is 0.364 e. The van der Waals surface area contributed by atoms with Crippen molar-refractivity contribution in [3.05, 3.63) is 29.7 Å². The van der Waals surface area contributed by atoms with Gasteiger partial charge in [-0.3, -0.25) is 9.36 Å². The van der Waals surface area contributed by atoms with Crippen molar-refractivity contribution in [3.63, 3.8) is 0 Å². The molecule has 0 aliphatic carbocycles. The minimum atomic E-state index is 0.445. The first-order valence-electron chi connectivity index (χ1n) is 6.96. The van der Waals surface area contributed by atoms with E-state index in [2.05, 4.69) is 42.5 Å². The fourth-order valence-electron chi connectivity index (χ4n) is 1.95. The molecule has 0 bridgehead atoms. The van der Waals surface area contributed by atoms with E-state index in [-0.39, 0.29) is 0 Å². The Morgan fingerprint density at radius 3 is 2.74 bits per heavy atom. The van der Waals surface area contributed by atoms with Gasteiger partial charge in [-0.25, -0.2) is 0 Å². The molecule has 0 saturated carbocycles. The van der Waals surface area contributed by atoms with Crippen molar-refractivity contribution < 1.29 is 0 Å². The van der Waals surface area contributed by atoms with Gasteiger partial charge < -0.3 is 5.32 Å². The minimum absolute atomic E-state index is 0.445. The third-order valence-corrected chi connectivity index (χ3v) is 3.48. The summed E-state index contributed by atoms with van der Waals surface area (Å²) < 4.78 is 3.97. The average molecular weight is 261 g/mol. The minimum Gasteiger partial charge on any atom is -0.364 e. The summed E-state index contributed by atoms with van der Waals surface area (Å²) >= 11 is 0. The van der Waals surface area contributed by atoms with Crippen molar-refractivity contribution in [1.82, 2.24) is 19.6 Å². The van der Waals surface area contributed by atoms with E-state index in [0.717, 1.165) is 31.0 Å². The molecule has 2 rings (SSSR count). The SMILES string of the molecule is CCC(C)n1ccc(NCc2cn(CC)nc2C)n1. The smallest absolute Gasteiger partial charge is 0.148 e. The molecule has 104 valence electrons. The summed E-state index contributed by atoms with van der Waals surface area (Å²) in [5.41, 5.74) is 2.30. The van der Waals surface area contributed by atoms with Crippen molar-refractivity contribution in [3.8, 4) is 0 Å². The molecule has 2 aromatic rings. The normalized spacial score (nSPS) is 12.6. The molecule has 0 spiro atoms. The van der Waals surface area contributed by atoms with E-state index in [0.29, 0.717) is 6.04 Å². The first-order chi connectivity index (χ1) is 9.13. The molecule has 0 amide bonds. The number of aromatic nitrogens is 4. The van der Waals surface area contributed by atoms with Crippen LogP contribution < -0.4 is 5.32 Å². The second kappa shape index (κ2) is 5.91. The van der Waals surface area contributed by atoms with Gasteiger partial charge in [0.2, 0.25) is 0 Å². The van der Waals surface area contributed by atoms with Crippen LogP contribution in [0.3, 0.4) is 0 Å². The van der Waals surface area contributed by atoms with Crippen molar-refractivity contribution in [1.29, 1.82) is 0 Å². The van der Waals surface area contributed by atoms with Crippen molar-refractivity contribution in [2.75, 3.05) is 5.32 Å². The predicted octanol–water partition coefficient (Wildman–Crippen LogP) is 2.99. The highest BCUT2D eigenvalue weighted by atomic mass is 15.3. The van der Waals surface area contributed by atoms with Gasteiger partial charge in [0.15, 0.2) is 0 Å². The first-order valence-corrected chi connectivity index (χ1v) is 6.96. The standard InChI is InChI=1S/C14H23N5/c1-5-11(3)19-8-7-14(17-19)15-9-13-10-18(6-2)16-12(13)4/h7-8,10-11H,5-6,9H2,1-4H3,(H,15,17). The maximum Gasteiger partial charge on any atom is 0.148 e. The van der Waals surface area contributed by atoms with Crippen LogP contribution in [0.4, 0.5) is 5.82 Å². The van der Waals surface area contributed by atoms with Gasteiger partial charge in [-0.05, 0) is 27.2 Å². The maximum absolute atomic E-state index is 4.53. The second-order valence-corrected chi connectivity index (χ2v) is 4.89. The molecule has 5 heteroatoms. The Bertz CT molecular complexity index is 526. The molecule has 1 atom stereocenters. The molecular weight excluding hydrogens is 238 g/mol. The zero-order chi connectivity index (χ0) is 13.8. The van der Waals surface area contributed by atoms with Gasteiger partial charge in [0.1, 0.15) is 5.82 Å². The van der Waals surface area contributed by atoms with E-state index >= 15 is 0 Å². The van der Waals surface area contributed by atoms with Gasteiger partial charge in [-0.1, -0.05) is 6.92 Å². The lowest BCUT2D eigenvalue weighted by atomic mass is 10.2. The van der Waals surface area contributed by atoms with Crippen LogP contribution in [0.5, 0.6) is 0 Å². The molecule has 1 N–H and O–H groups in total. The summed E-state index contributed by atoms with van der Waals surface area (Å²) in [6.45, 7) is 10.2. The van der Waals surface area contributed by atoms with Crippen molar-refractivity contribution in [2.24, 2.45) is 0 Å². The van der Waals surface area contributed by atoms with Gasteiger partial charge in [-0.2, -0.15) is 10.2 Å². The van der Waals surface area contributed by atoms with Crippen LogP contribution in [0, 0.1) is 6.92 Å². The Balaban J connectivity index is 1.98. The van der Waals surface area contributed by atoms with Gasteiger partial charge in [0.05, 0.1) is 5.69 Å². The summed E-state index contributed by atoms with van der Waals surface area (Å²) in [5.74, 6) is 0.920. The average Bonchev–Trinajstić information content (AvgIpc) is 3.02. The highest BCUT2D eigenvalue weighted by Gasteiger charge is 2.06. The number of hydrogen-bond acceptors (Lipinski definition) is 3. The summed E-state index contributed by atoms with van der Waals surface area (Å²) in [4.78, 5) is 0. The van der Waals surface area contributed by atoms with Gasteiger partial charge in [-0.15, -0.1) is 0 Å². The fourth-order valence-corrected chi connectivity index (χ4v) is 1.95. The first kappa shape index (κ1) is 13.6. The van der Waals surface area contributed by atoms with Crippen LogP contribution in [-0.2, 0) is 13.1 Å². The van der Waals surface area contributed by atoms with E-state index in [1.807, 2.05) is 28.6 Å². The maximum atomic E-state index is 4.53. The lowest BCUT2D eigenvalue weighted by molar-refractivity contribution is 0.479. The molecular formula is C14H23N5. The molecule has 0 saturated heterocycles. The van der Waals surface area contributed by atoms with E-state index in [1.54, 1.807) is 0 Å². The number of anilines is 1. The third kappa shape index (κ3) is 3.16. The summed E-state index contributed by atoms with van der Waals surface area (Å²) in [6.07, 6.45) is 5.20. The highest BCUT2D eigenvalue weighted by Crippen LogP contribution is 2.13. The van der Waals surface area contributed by atoms with Crippen LogP contribution in [-0.4, -0.2) is 19.6 Å². The molecule has 0 radical (unpaired) electrons. The molecule has 5 nitrogen and oxygen atoms in total. The number of aryl methyl sites for hydroxylation is 2. The fraction of sp³-hybridized carbons (Fsp3) is 0.571. The Kier molecular flexibility index (Phi) is 4.24. The van der Waals surface area contributed by atoms with Crippen LogP contribution >= 0.6 is 0 Å². The topological polar surface area (TPSA) is 47.7 Å². The van der Waals surface area contributed by atoms with Crippen LogP contribution in [0.25, 0.3) is 0 Å². The zero-order valence-electron chi connectivity index (χ0n) is 12.2. The number of nitrogens with zero attached hydrogens (tertiary/aromatic N) is 4. The van der Waals surface area contributed by atoms with Gasteiger partial charge >= 0.3 is 0 Å². The van der Waals surface area contributed by atoms with Crippen LogP contribution in [0.1, 0.15) is 44.5 Å². The monoisotopic (exact) mass is 261 g/mol. The second-order valence-electron chi connectivity index (χ2n) is 4.89. The molecule has 0 aliphatic rings. The van der Waals surface area contributed by atoms with E-state index in [4.69, 9.17) is 0 Å². The Morgan fingerprint density at radius 2 is 2.11 bits per heavy atom. The molecule has 2 aromatic heterocycles. The summed E-state index contributed by atoms with van der Waals surface area (Å²) in [7, 11) is 0. The van der Waals surface area contributed by atoms with Crippen molar-refractivity contribution >= 4 is 5.82 Å². The Hall–Kier alpha value is -1.78. The molecule has 0 fully saturated rings. The van der Waals surface area contributed by atoms with Gasteiger partial charge in [0, 0.05) is 43.2 Å². The third-order valence-electron chi connectivity index (χ3n) is 3.48. The van der Waals surface area contributed by atoms with Crippen LogP contribution in [0.15, 0.2) is 18.5 Å². The summed E-state index contributed by atoms with van der Waals surface area (Å²) in [5, 5.41) is 12.3. The Labute approximate surface area is 114 Å². The van der Waals surface area contributed by atoms with E-state index in [9.17, 15) is 0 Å². The Morgan fingerprint density at radius 1 is 1.32 bits per heavy atom. The lowest BCUT2D eigenvalue weighted by Gasteiger charge is -2.08. The molecule has 19 heavy (non-hydrogen) atoms. The number of hydrogen-bond donors (Lipinski definition) is 1.